The summed E-state index contributed by atoms with van der Waals surface area (Å²) in [5, 5.41) is 4.27. The lowest BCUT2D eigenvalue weighted by atomic mass is 10.1. The first kappa shape index (κ1) is 13.4. The predicted molar refractivity (Wildman–Crippen MR) is 71.3 cm³/mol. The Morgan fingerprint density at radius 3 is 2.86 bits per heavy atom. The second-order valence-electron chi connectivity index (χ2n) is 4.68. The van der Waals surface area contributed by atoms with Gasteiger partial charge in [0.15, 0.2) is 11.4 Å². The summed E-state index contributed by atoms with van der Waals surface area (Å²) in [4.78, 5) is 12.0. The number of hydrogen-bond donors (Lipinski definition) is 0. The van der Waals surface area contributed by atoms with E-state index in [1.54, 1.807) is 32.0 Å². The molecule has 0 atom stereocenters. The molecule has 108 valence electrons. The summed E-state index contributed by atoms with van der Waals surface area (Å²) in [5.74, 6) is -0.552. The summed E-state index contributed by atoms with van der Waals surface area (Å²) in [5.41, 5.74) is 1.10. The van der Waals surface area contributed by atoms with Crippen LogP contribution in [0.15, 0.2) is 33.2 Å². The second kappa shape index (κ2) is 5.05. The Balaban J connectivity index is 1.84. The number of aryl methyl sites for hydroxylation is 2. The van der Waals surface area contributed by atoms with Gasteiger partial charge in [0.25, 0.3) is 0 Å². The molecule has 0 fully saturated rings. The SMILES string of the molecule is Cc1cc(COC(=O)c2oc3c(F)cccc3c2C)no1. The number of carbonyl (C=O) groups is 1. The third-order valence-corrected chi connectivity index (χ3v) is 3.13. The maximum Gasteiger partial charge on any atom is 0.374 e. The van der Waals surface area contributed by atoms with E-state index >= 15 is 0 Å². The van der Waals surface area contributed by atoms with Gasteiger partial charge in [0.1, 0.15) is 18.1 Å². The van der Waals surface area contributed by atoms with Crippen molar-refractivity contribution in [2.45, 2.75) is 20.5 Å². The summed E-state index contributed by atoms with van der Waals surface area (Å²) in [7, 11) is 0. The Kier molecular flexibility index (Phi) is 3.21. The van der Waals surface area contributed by atoms with E-state index in [4.69, 9.17) is 13.7 Å². The Bertz CT molecular complexity index is 818. The molecule has 0 saturated heterocycles. The van der Waals surface area contributed by atoms with Crippen molar-refractivity contribution in [2.75, 3.05) is 0 Å². The fourth-order valence-corrected chi connectivity index (χ4v) is 2.09. The number of hydrogen-bond acceptors (Lipinski definition) is 5. The van der Waals surface area contributed by atoms with Crippen LogP contribution < -0.4 is 0 Å². The molecule has 0 spiro atoms. The molecule has 2 heterocycles. The fourth-order valence-electron chi connectivity index (χ4n) is 2.09. The molecule has 0 radical (unpaired) electrons. The molecule has 0 bridgehead atoms. The van der Waals surface area contributed by atoms with Gasteiger partial charge in [-0.1, -0.05) is 17.3 Å². The maximum absolute atomic E-state index is 13.6. The first-order valence-electron chi connectivity index (χ1n) is 6.33. The van der Waals surface area contributed by atoms with Gasteiger partial charge < -0.3 is 13.7 Å². The van der Waals surface area contributed by atoms with E-state index in [0.717, 1.165) is 0 Å². The highest BCUT2D eigenvalue weighted by Crippen LogP contribution is 2.27. The highest BCUT2D eigenvalue weighted by atomic mass is 19.1. The van der Waals surface area contributed by atoms with Crippen LogP contribution in [0.5, 0.6) is 0 Å². The van der Waals surface area contributed by atoms with Gasteiger partial charge in [-0.2, -0.15) is 0 Å². The average molecular weight is 289 g/mol. The van der Waals surface area contributed by atoms with Crippen LogP contribution in [0.25, 0.3) is 11.0 Å². The highest BCUT2D eigenvalue weighted by Gasteiger charge is 2.21. The summed E-state index contributed by atoms with van der Waals surface area (Å²) >= 11 is 0. The van der Waals surface area contributed by atoms with E-state index in [1.165, 1.54) is 6.07 Å². The topological polar surface area (TPSA) is 65.5 Å². The minimum atomic E-state index is -0.663. The summed E-state index contributed by atoms with van der Waals surface area (Å²) in [6, 6.07) is 6.19. The van der Waals surface area contributed by atoms with E-state index in [-0.39, 0.29) is 18.0 Å². The van der Waals surface area contributed by atoms with Gasteiger partial charge in [-0.3, -0.25) is 0 Å². The predicted octanol–water partition coefficient (Wildman–Crippen LogP) is 3.53. The smallest absolute Gasteiger partial charge is 0.374 e. The maximum atomic E-state index is 13.6. The number of fused-ring (bicyclic) bond motifs is 1. The van der Waals surface area contributed by atoms with Crippen LogP contribution in [0.2, 0.25) is 0 Å². The standard InChI is InChI=1S/C15H12FNO4/c1-8-6-10(17-21-8)7-19-15(18)13-9(2)11-4-3-5-12(16)14(11)20-13/h3-6H,7H2,1-2H3. The third-order valence-electron chi connectivity index (χ3n) is 3.13. The minimum absolute atomic E-state index is 0.00434. The van der Waals surface area contributed by atoms with E-state index in [1.807, 2.05) is 0 Å². The quantitative estimate of drug-likeness (QED) is 0.690. The van der Waals surface area contributed by atoms with Gasteiger partial charge >= 0.3 is 5.97 Å². The molecule has 0 aliphatic rings. The van der Waals surface area contributed by atoms with E-state index in [0.29, 0.717) is 22.4 Å². The van der Waals surface area contributed by atoms with Crippen LogP contribution in [0.4, 0.5) is 4.39 Å². The van der Waals surface area contributed by atoms with Crippen molar-refractivity contribution in [3.8, 4) is 0 Å². The first-order valence-corrected chi connectivity index (χ1v) is 6.33. The van der Waals surface area contributed by atoms with Crippen LogP contribution in [-0.2, 0) is 11.3 Å². The molecule has 1 aromatic carbocycles. The lowest BCUT2D eigenvalue weighted by molar-refractivity contribution is 0.0429. The van der Waals surface area contributed by atoms with Crippen molar-refractivity contribution < 1.29 is 22.9 Å². The molecule has 0 aliphatic heterocycles. The lowest BCUT2D eigenvalue weighted by Crippen LogP contribution is -2.05. The number of carbonyl (C=O) groups excluding carboxylic acids is 1. The lowest BCUT2D eigenvalue weighted by Gasteiger charge is -2.00. The largest absolute Gasteiger partial charge is 0.453 e. The number of benzene rings is 1. The zero-order valence-corrected chi connectivity index (χ0v) is 11.5. The summed E-state index contributed by atoms with van der Waals surface area (Å²) in [6.45, 7) is 3.39. The van der Waals surface area contributed by atoms with Crippen molar-refractivity contribution in [1.82, 2.24) is 5.16 Å². The average Bonchev–Trinajstić information content (AvgIpc) is 3.02. The van der Waals surface area contributed by atoms with Gasteiger partial charge in [0.2, 0.25) is 5.76 Å². The molecule has 0 unspecified atom stereocenters. The van der Waals surface area contributed by atoms with Gasteiger partial charge in [-0.05, 0) is 19.9 Å². The number of ether oxygens (including phenoxy) is 1. The molecule has 2 aromatic heterocycles. The van der Waals surface area contributed by atoms with Crippen molar-refractivity contribution >= 4 is 16.9 Å². The summed E-state index contributed by atoms with van der Waals surface area (Å²) < 4.78 is 28.9. The van der Waals surface area contributed by atoms with E-state index in [9.17, 15) is 9.18 Å². The monoisotopic (exact) mass is 289 g/mol. The molecular formula is C15H12FNO4. The number of rotatable bonds is 3. The molecule has 0 N–H and O–H groups in total. The number of furan rings is 1. The molecule has 21 heavy (non-hydrogen) atoms. The van der Waals surface area contributed by atoms with Gasteiger partial charge in [-0.15, -0.1) is 0 Å². The van der Waals surface area contributed by atoms with Crippen molar-refractivity contribution in [3.63, 3.8) is 0 Å². The highest BCUT2D eigenvalue weighted by molar-refractivity contribution is 5.96. The molecule has 5 nitrogen and oxygen atoms in total. The Morgan fingerprint density at radius 1 is 1.38 bits per heavy atom. The molecule has 3 rings (SSSR count). The normalized spacial score (nSPS) is 11.0. The number of esters is 1. The first-order chi connectivity index (χ1) is 10.1. The number of nitrogens with zero attached hydrogens (tertiary/aromatic N) is 1. The molecular weight excluding hydrogens is 277 g/mol. The van der Waals surface area contributed by atoms with Crippen molar-refractivity contribution in [2.24, 2.45) is 0 Å². The van der Waals surface area contributed by atoms with Gasteiger partial charge in [-0.25, -0.2) is 9.18 Å². The van der Waals surface area contributed by atoms with Crippen LogP contribution in [0.1, 0.15) is 27.6 Å². The molecule has 6 heteroatoms. The molecule has 0 saturated carbocycles. The van der Waals surface area contributed by atoms with Crippen LogP contribution >= 0.6 is 0 Å². The number of halogens is 1. The zero-order chi connectivity index (χ0) is 15.0. The Labute approximate surface area is 119 Å². The van der Waals surface area contributed by atoms with Crippen LogP contribution in [0, 0.1) is 19.7 Å². The molecule has 3 aromatic rings. The Morgan fingerprint density at radius 2 is 2.19 bits per heavy atom. The van der Waals surface area contributed by atoms with Crippen molar-refractivity contribution in [1.29, 1.82) is 0 Å². The number of para-hydroxylation sites is 1. The second-order valence-corrected chi connectivity index (χ2v) is 4.68. The zero-order valence-electron chi connectivity index (χ0n) is 11.5. The number of aromatic nitrogens is 1. The van der Waals surface area contributed by atoms with Crippen molar-refractivity contribution in [3.05, 3.63) is 52.9 Å². The minimum Gasteiger partial charge on any atom is -0.453 e. The van der Waals surface area contributed by atoms with Gasteiger partial charge in [0.05, 0.1) is 0 Å². The summed E-state index contributed by atoms with van der Waals surface area (Å²) in [6.07, 6.45) is 0. The molecule has 0 amide bonds. The van der Waals surface area contributed by atoms with E-state index < -0.39 is 11.8 Å². The van der Waals surface area contributed by atoms with Gasteiger partial charge in [0, 0.05) is 17.0 Å². The van der Waals surface area contributed by atoms with Crippen LogP contribution in [-0.4, -0.2) is 11.1 Å². The van der Waals surface area contributed by atoms with E-state index in [2.05, 4.69) is 5.16 Å². The third kappa shape index (κ3) is 2.40. The van der Waals surface area contributed by atoms with Crippen LogP contribution in [0.3, 0.4) is 0 Å². The molecule has 0 aliphatic carbocycles. The fraction of sp³-hybridized carbons (Fsp3) is 0.200. The Hall–Kier alpha value is -2.63.